The van der Waals surface area contributed by atoms with Crippen LogP contribution in [0.2, 0.25) is 5.02 Å². The zero-order valence-corrected chi connectivity index (χ0v) is 17.6. The number of benzene rings is 1. The lowest BCUT2D eigenvalue weighted by Gasteiger charge is -2.15. The first-order chi connectivity index (χ1) is 15.3. The Morgan fingerprint density at radius 1 is 1.38 bits per heavy atom. The third-order valence-corrected chi connectivity index (χ3v) is 4.57. The number of carbonyl (C=O) groups excluding carboxylic acids is 1. The first kappa shape index (κ1) is 22.8. The van der Waals surface area contributed by atoms with E-state index in [0.717, 1.165) is 30.0 Å². The second-order valence-corrected chi connectivity index (χ2v) is 6.95. The molecule has 0 fully saturated rings. The minimum absolute atomic E-state index is 0.0110. The summed E-state index contributed by atoms with van der Waals surface area (Å²) in [6, 6.07) is 6.74. The maximum absolute atomic E-state index is 14.5. The third-order valence-electron chi connectivity index (χ3n) is 4.35. The quantitative estimate of drug-likeness (QED) is 0.490. The van der Waals surface area contributed by atoms with Gasteiger partial charge in [-0.2, -0.15) is 5.26 Å². The van der Waals surface area contributed by atoms with Gasteiger partial charge < -0.3 is 9.47 Å². The average Bonchev–Trinajstić information content (AvgIpc) is 2.78. The summed E-state index contributed by atoms with van der Waals surface area (Å²) >= 11 is 5.89. The summed E-state index contributed by atoms with van der Waals surface area (Å²) in [5.41, 5.74) is -1.02. The molecule has 32 heavy (non-hydrogen) atoms. The maximum atomic E-state index is 14.5. The highest BCUT2D eigenvalue weighted by Crippen LogP contribution is 2.32. The largest absolute Gasteiger partial charge is 0.481 e. The van der Waals surface area contributed by atoms with Crippen molar-refractivity contribution >= 4 is 17.9 Å². The number of halogens is 3. The van der Waals surface area contributed by atoms with Crippen molar-refractivity contribution in [2.75, 3.05) is 7.11 Å². The molecule has 8 nitrogen and oxygen atoms in total. The lowest BCUT2D eigenvalue weighted by Crippen LogP contribution is -2.24. The average molecular weight is 461 g/mol. The zero-order chi connectivity index (χ0) is 23.4. The zero-order valence-electron chi connectivity index (χ0n) is 16.8. The Kier molecular flexibility index (Phi) is 6.80. The van der Waals surface area contributed by atoms with Gasteiger partial charge in [0.15, 0.2) is 17.9 Å². The van der Waals surface area contributed by atoms with E-state index in [9.17, 15) is 18.4 Å². The van der Waals surface area contributed by atoms with Crippen LogP contribution < -0.4 is 15.0 Å². The van der Waals surface area contributed by atoms with Gasteiger partial charge in [0.1, 0.15) is 23.6 Å². The third kappa shape index (κ3) is 4.58. The molecule has 2 aromatic heterocycles. The van der Waals surface area contributed by atoms with Gasteiger partial charge in [0.2, 0.25) is 11.6 Å². The molecular weight excluding hydrogens is 446 g/mol. The van der Waals surface area contributed by atoms with Gasteiger partial charge in [-0.05, 0) is 25.1 Å². The molecule has 0 bridgehead atoms. The first-order valence-corrected chi connectivity index (χ1v) is 9.46. The fourth-order valence-corrected chi connectivity index (χ4v) is 3.04. The van der Waals surface area contributed by atoms with E-state index in [-0.39, 0.29) is 28.8 Å². The smallest absolute Gasteiger partial charge is 0.297 e. The van der Waals surface area contributed by atoms with E-state index < -0.39 is 34.6 Å². The summed E-state index contributed by atoms with van der Waals surface area (Å²) in [5.74, 6) is -2.04. The summed E-state index contributed by atoms with van der Waals surface area (Å²) in [5, 5.41) is 9.03. The number of nitrogens with zero attached hydrogens (tertiary/aromatic N) is 4. The van der Waals surface area contributed by atoms with Crippen LogP contribution in [-0.2, 0) is 6.54 Å². The van der Waals surface area contributed by atoms with Crippen LogP contribution in [0.1, 0.15) is 40.4 Å². The lowest BCUT2D eigenvalue weighted by molar-refractivity contribution is 0.111. The summed E-state index contributed by atoms with van der Waals surface area (Å²) in [7, 11) is 1.35. The van der Waals surface area contributed by atoms with Gasteiger partial charge in [-0.25, -0.2) is 18.7 Å². The van der Waals surface area contributed by atoms with Crippen LogP contribution in [0, 0.1) is 17.1 Å². The molecule has 0 N–H and O–H groups in total. The van der Waals surface area contributed by atoms with Crippen molar-refractivity contribution in [3.8, 4) is 23.4 Å². The number of ether oxygens (including phenoxy) is 2. The Hall–Kier alpha value is -3.84. The molecular formula is C21H15ClF2N4O4. The molecule has 3 aromatic rings. The number of hydrogen-bond acceptors (Lipinski definition) is 7. The van der Waals surface area contributed by atoms with Gasteiger partial charge >= 0.3 is 0 Å². The van der Waals surface area contributed by atoms with Gasteiger partial charge in [-0.3, -0.25) is 14.2 Å². The number of aromatic nitrogens is 3. The highest BCUT2D eigenvalue weighted by Gasteiger charge is 2.22. The van der Waals surface area contributed by atoms with Crippen LogP contribution in [0.5, 0.6) is 17.4 Å². The number of alkyl halides is 1. The van der Waals surface area contributed by atoms with Crippen molar-refractivity contribution in [2.24, 2.45) is 0 Å². The van der Waals surface area contributed by atoms with Gasteiger partial charge in [0.05, 0.1) is 25.5 Å². The van der Waals surface area contributed by atoms with E-state index in [0.29, 0.717) is 11.8 Å². The molecule has 0 saturated heterocycles. The number of methoxy groups -OCH3 is 1. The van der Waals surface area contributed by atoms with Crippen LogP contribution in [0.4, 0.5) is 8.78 Å². The number of nitriles is 1. The molecule has 0 aliphatic rings. The maximum Gasteiger partial charge on any atom is 0.297 e. The Bertz CT molecular complexity index is 1290. The van der Waals surface area contributed by atoms with Crippen LogP contribution >= 0.6 is 11.6 Å². The first-order valence-electron chi connectivity index (χ1n) is 9.08. The highest BCUT2D eigenvalue weighted by molar-refractivity contribution is 6.30. The van der Waals surface area contributed by atoms with Crippen molar-refractivity contribution < 1.29 is 23.0 Å². The molecule has 3 rings (SSSR count). The monoisotopic (exact) mass is 460 g/mol. The van der Waals surface area contributed by atoms with Crippen LogP contribution in [-0.4, -0.2) is 27.9 Å². The predicted octanol–water partition coefficient (Wildman–Crippen LogP) is 3.99. The highest BCUT2D eigenvalue weighted by atomic mass is 35.5. The molecule has 0 amide bonds. The Morgan fingerprint density at radius 3 is 2.75 bits per heavy atom. The second kappa shape index (κ2) is 9.53. The fourth-order valence-electron chi connectivity index (χ4n) is 2.83. The number of rotatable bonds is 7. The van der Waals surface area contributed by atoms with Gasteiger partial charge in [0, 0.05) is 16.7 Å². The SMILES string of the molecule is COc1nc(C=O)ccc1Cn1cnc(C(C)F)c(Oc2cc(Cl)cc(C#N)c2F)c1=O. The molecule has 0 saturated carbocycles. The Balaban J connectivity index is 2.10. The van der Waals surface area contributed by atoms with E-state index in [2.05, 4.69) is 9.97 Å². The fraction of sp³-hybridized carbons (Fsp3) is 0.190. The molecule has 164 valence electrons. The van der Waals surface area contributed by atoms with Crippen molar-refractivity contribution in [3.63, 3.8) is 0 Å². The summed E-state index contributed by atoms with van der Waals surface area (Å²) in [6.07, 6.45) is -0.0747. The molecule has 1 atom stereocenters. The van der Waals surface area contributed by atoms with Crippen LogP contribution in [0.15, 0.2) is 35.4 Å². The number of carbonyl (C=O) groups is 1. The van der Waals surface area contributed by atoms with Crippen molar-refractivity contribution in [2.45, 2.75) is 19.6 Å². The van der Waals surface area contributed by atoms with Gasteiger partial charge in [-0.1, -0.05) is 11.6 Å². The van der Waals surface area contributed by atoms with E-state index in [1.807, 2.05) is 0 Å². The molecule has 0 radical (unpaired) electrons. The van der Waals surface area contributed by atoms with E-state index in [4.69, 9.17) is 26.3 Å². The summed E-state index contributed by atoms with van der Waals surface area (Å²) in [4.78, 5) is 31.9. The lowest BCUT2D eigenvalue weighted by atomic mass is 10.2. The molecule has 11 heteroatoms. The van der Waals surface area contributed by atoms with Crippen molar-refractivity contribution in [1.82, 2.24) is 14.5 Å². The minimum Gasteiger partial charge on any atom is -0.481 e. The van der Waals surface area contributed by atoms with E-state index in [1.54, 1.807) is 6.07 Å². The van der Waals surface area contributed by atoms with Crippen molar-refractivity contribution in [3.05, 3.63) is 74.3 Å². The molecule has 0 aliphatic carbocycles. The predicted molar refractivity (Wildman–Crippen MR) is 109 cm³/mol. The van der Waals surface area contributed by atoms with Crippen molar-refractivity contribution in [1.29, 1.82) is 5.26 Å². The molecule has 1 aromatic carbocycles. The Morgan fingerprint density at radius 2 is 2.12 bits per heavy atom. The topological polar surface area (TPSA) is 107 Å². The minimum atomic E-state index is -1.71. The number of aldehydes is 1. The molecule has 1 unspecified atom stereocenters. The normalized spacial score (nSPS) is 11.5. The van der Waals surface area contributed by atoms with E-state index in [1.165, 1.54) is 19.2 Å². The second-order valence-electron chi connectivity index (χ2n) is 6.51. The molecule has 0 aliphatic heterocycles. The molecule has 0 spiro atoms. The summed E-state index contributed by atoms with van der Waals surface area (Å²) < 4.78 is 40.3. The number of pyridine rings is 1. The van der Waals surface area contributed by atoms with Crippen LogP contribution in [0.3, 0.4) is 0 Å². The number of hydrogen-bond donors (Lipinski definition) is 0. The standard InChI is InChI=1S/C21H15ClF2N4O4/c1-11(23)18-19(32-16-6-14(22)5-13(7-25)17(16)24)21(30)28(10-26-18)8-12-3-4-15(9-29)27-20(12)31-2/h3-6,9-11H,8H2,1-2H3. The Labute approximate surface area is 185 Å². The van der Waals surface area contributed by atoms with Crippen LogP contribution in [0.25, 0.3) is 0 Å². The van der Waals surface area contributed by atoms with E-state index >= 15 is 0 Å². The van der Waals surface area contributed by atoms with Gasteiger partial charge in [0.25, 0.3) is 5.56 Å². The van der Waals surface area contributed by atoms with Gasteiger partial charge in [-0.15, -0.1) is 0 Å². The summed E-state index contributed by atoms with van der Waals surface area (Å²) in [6.45, 7) is 1.03. The molecule has 2 heterocycles.